The lowest BCUT2D eigenvalue weighted by Crippen LogP contribution is -2.55. The molecule has 2 aliphatic rings. The largest absolute Gasteiger partial charge is 0.389 e. The summed E-state index contributed by atoms with van der Waals surface area (Å²) in [5, 5.41) is 20.2. The van der Waals surface area contributed by atoms with Gasteiger partial charge in [0.1, 0.15) is 0 Å². The Labute approximate surface area is 89.8 Å². The summed E-state index contributed by atoms with van der Waals surface area (Å²) in [7, 11) is 0. The van der Waals surface area contributed by atoms with Crippen LogP contribution in [0.1, 0.15) is 34.1 Å². The van der Waals surface area contributed by atoms with Gasteiger partial charge in [-0.05, 0) is 31.3 Å². The molecule has 2 rings (SSSR count). The van der Waals surface area contributed by atoms with E-state index < -0.39 is 17.1 Å². The molecule has 1 saturated carbocycles. The monoisotopic (exact) mass is 210 g/mol. The van der Waals surface area contributed by atoms with E-state index in [0.29, 0.717) is 12.0 Å². The van der Waals surface area contributed by atoms with Crippen LogP contribution in [0, 0.1) is 10.8 Å². The number of carbonyl (C=O) groups excluding carboxylic acids is 1. The van der Waals surface area contributed by atoms with E-state index in [1.807, 2.05) is 19.9 Å². The fraction of sp³-hybridized carbons (Fsp3) is 0.750. The van der Waals surface area contributed by atoms with Crippen LogP contribution in [0.15, 0.2) is 11.6 Å². The highest BCUT2D eigenvalue weighted by Gasteiger charge is 2.69. The lowest BCUT2D eigenvalue weighted by atomic mass is 9.56. The van der Waals surface area contributed by atoms with E-state index in [1.54, 1.807) is 13.8 Å². The molecule has 2 aliphatic carbocycles. The molecule has 0 amide bonds. The first-order valence-electron chi connectivity index (χ1n) is 5.30. The van der Waals surface area contributed by atoms with Crippen molar-refractivity contribution in [2.45, 2.75) is 45.8 Å². The van der Waals surface area contributed by atoms with Gasteiger partial charge in [-0.25, -0.2) is 0 Å². The Morgan fingerprint density at radius 2 is 1.93 bits per heavy atom. The summed E-state index contributed by atoms with van der Waals surface area (Å²) in [4.78, 5) is 12.0. The van der Waals surface area contributed by atoms with Gasteiger partial charge in [0.05, 0.1) is 17.1 Å². The fourth-order valence-electron chi connectivity index (χ4n) is 3.43. The van der Waals surface area contributed by atoms with Gasteiger partial charge in [0, 0.05) is 0 Å². The van der Waals surface area contributed by atoms with Crippen LogP contribution >= 0.6 is 0 Å². The van der Waals surface area contributed by atoms with Crippen molar-refractivity contribution >= 4 is 5.78 Å². The van der Waals surface area contributed by atoms with Crippen LogP contribution in [0.5, 0.6) is 0 Å². The quantitative estimate of drug-likeness (QED) is 0.628. The van der Waals surface area contributed by atoms with Crippen LogP contribution in [-0.2, 0) is 4.79 Å². The molecule has 0 heterocycles. The Morgan fingerprint density at radius 3 is 2.20 bits per heavy atom. The lowest BCUT2D eigenvalue weighted by Gasteiger charge is -2.46. The van der Waals surface area contributed by atoms with E-state index in [1.165, 1.54) is 0 Å². The molecule has 3 nitrogen and oxygen atoms in total. The standard InChI is InChI=1S/C12H18O3/c1-7-5-12(8(7)13)9(14)11(4,15)6-10(12,2)3/h5,9,14-15H,6H2,1-4H3. The summed E-state index contributed by atoms with van der Waals surface area (Å²) < 4.78 is 0. The summed E-state index contributed by atoms with van der Waals surface area (Å²) in [5.41, 5.74) is -1.72. The number of ketones is 1. The Balaban J connectivity index is 2.55. The van der Waals surface area contributed by atoms with Crippen LogP contribution in [0.25, 0.3) is 0 Å². The minimum Gasteiger partial charge on any atom is -0.389 e. The van der Waals surface area contributed by atoms with Crippen molar-refractivity contribution in [3.05, 3.63) is 11.6 Å². The van der Waals surface area contributed by atoms with E-state index in [2.05, 4.69) is 0 Å². The van der Waals surface area contributed by atoms with E-state index in [0.717, 1.165) is 0 Å². The molecule has 15 heavy (non-hydrogen) atoms. The molecule has 1 fully saturated rings. The van der Waals surface area contributed by atoms with Gasteiger partial charge in [-0.15, -0.1) is 0 Å². The first-order valence-corrected chi connectivity index (χ1v) is 5.30. The molecule has 0 bridgehead atoms. The van der Waals surface area contributed by atoms with Crippen LogP contribution in [0.3, 0.4) is 0 Å². The van der Waals surface area contributed by atoms with Gasteiger partial charge in [0.2, 0.25) is 0 Å². The maximum atomic E-state index is 12.0. The molecule has 3 heteroatoms. The van der Waals surface area contributed by atoms with Gasteiger partial charge in [0.15, 0.2) is 5.78 Å². The van der Waals surface area contributed by atoms with Crippen LogP contribution in [0.4, 0.5) is 0 Å². The zero-order chi connectivity index (χ0) is 11.6. The molecule has 0 saturated heterocycles. The molecule has 0 radical (unpaired) electrons. The minimum atomic E-state index is -1.17. The predicted molar refractivity (Wildman–Crippen MR) is 56.2 cm³/mol. The van der Waals surface area contributed by atoms with Gasteiger partial charge < -0.3 is 10.2 Å². The van der Waals surface area contributed by atoms with Gasteiger partial charge in [-0.1, -0.05) is 19.9 Å². The van der Waals surface area contributed by atoms with E-state index in [9.17, 15) is 15.0 Å². The molecule has 84 valence electrons. The Kier molecular flexibility index (Phi) is 1.82. The number of aliphatic hydroxyl groups is 2. The Bertz CT molecular complexity index is 365. The fourth-order valence-corrected chi connectivity index (χ4v) is 3.43. The number of Topliss-reactive ketones (excluding diaryl/α,β-unsaturated/α-hetero) is 1. The highest BCUT2D eigenvalue weighted by atomic mass is 16.3. The SMILES string of the molecule is CC1=CC2(C1=O)C(O)C(C)(O)CC2(C)C. The average molecular weight is 210 g/mol. The van der Waals surface area contributed by atoms with Gasteiger partial charge in [0.25, 0.3) is 0 Å². The first-order chi connectivity index (χ1) is 6.65. The first kappa shape index (κ1) is 10.8. The molecular formula is C12H18O3. The predicted octanol–water partition coefficient (Wildman–Crippen LogP) is 1.04. The van der Waals surface area contributed by atoms with Crippen LogP contribution < -0.4 is 0 Å². The smallest absolute Gasteiger partial charge is 0.171 e. The van der Waals surface area contributed by atoms with Gasteiger partial charge in [-0.3, -0.25) is 4.79 Å². The van der Waals surface area contributed by atoms with Crippen LogP contribution in [-0.4, -0.2) is 27.7 Å². The Morgan fingerprint density at radius 1 is 1.40 bits per heavy atom. The zero-order valence-electron chi connectivity index (χ0n) is 9.66. The van der Waals surface area contributed by atoms with E-state index in [-0.39, 0.29) is 11.2 Å². The van der Waals surface area contributed by atoms with Gasteiger partial charge >= 0.3 is 0 Å². The van der Waals surface area contributed by atoms with Crippen molar-refractivity contribution in [2.24, 2.45) is 10.8 Å². The van der Waals surface area contributed by atoms with Crippen molar-refractivity contribution in [3.63, 3.8) is 0 Å². The summed E-state index contributed by atoms with van der Waals surface area (Å²) in [6.07, 6.45) is 1.27. The summed E-state index contributed by atoms with van der Waals surface area (Å²) in [5.74, 6) is -0.0159. The summed E-state index contributed by atoms with van der Waals surface area (Å²) >= 11 is 0. The van der Waals surface area contributed by atoms with Crippen molar-refractivity contribution < 1.29 is 15.0 Å². The number of allylic oxidation sites excluding steroid dienone is 1. The van der Waals surface area contributed by atoms with E-state index >= 15 is 0 Å². The second-order valence-corrected chi connectivity index (χ2v) is 5.85. The van der Waals surface area contributed by atoms with Crippen molar-refractivity contribution in [2.75, 3.05) is 0 Å². The molecule has 0 aliphatic heterocycles. The van der Waals surface area contributed by atoms with Crippen molar-refractivity contribution in [3.8, 4) is 0 Å². The second kappa shape index (κ2) is 2.53. The normalized spacial score (nSPS) is 48.0. The third-order valence-corrected chi connectivity index (χ3v) is 4.12. The van der Waals surface area contributed by atoms with Gasteiger partial charge in [-0.2, -0.15) is 0 Å². The topological polar surface area (TPSA) is 57.5 Å². The molecular weight excluding hydrogens is 192 g/mol. The molecule has 2 N–H and O–H groups in total. The maximum absolute atomic E-state index is 12.0. The average Bonchev–Trinajstić information content (AvgIpc) is 2.22. The molecule has 3 atom stereocenters. The number of carbonyl (C=O) groups is 1. The molecule has 3 unspecified atom stereocenters. The third-order valence-electron chi connectivity index (χ3n) is 4.12. The number of aliphatic hydroxyl groups excluding tert-OH is 1. The second-order valence-electron chi connectivity index (χ2n) is 5.85. The lowest BCUT2D eigenvalue weighted by molar-refractivity contribution is -0.141. The molecule has 0 aromatic heterocycles. The highest BCUT2D eigenvalue weighted by molar-refractivity contribution is 6.09. The molecule has 0 aromatic rings. The maximum Gasteiger partial charge on any atom is 0.171 e. The number of hydrogen-bond donors (Lipinski definition) is 2. The molecule has 0 aromatic carbocycles. The third kappa shape index (κ3) is 1.00. The number of hydrogen-bond acceptors (Lipinski definition) is 3. The Hall–Kier alpha value is -0.670. The molecule has 1 spiro atoms. The van der Waals surface area contributed by atoms with Crippen molar-refractivity contribution in [1.82, 2.24) is 0 Å². The number of rotatable bonds is 0. The zero-order valence-corrected chi connectivity index (χ0v) is 9.66. The van der Waals surface area contributed by atoms with E-state index in [4.69, 9.17) is 0 Å². The minimum absolute atomic E-state index is 0.0159. The summed E-state index contributed by atoms with van der Waals surface area (Å²) in [6.45, 7) is 7.21. The summed E-state index contributed by atoms with van der Waals surface area (Å²) in [6, 6.07) is 0. The van der Waals surface area contributed by atoms with Crippen molar-refractivity contribution in [1.29, 1.82) is 0 Å². The van der Waals surface area contributed by atoms with Crippen LogP contribution in [0.2, 0.25) is 0 Å². The highest BCUT2D eigenvalue weighted by Crippen LogP contribution is 2.62.